The average molecular weight is 516 g/mol. The number of carbonyl (C=O) groups excluding carboxylic acids is 2. The molecular formula is C30H49N3O4. The molecule has 0 aromatic carbocycles. The van der Waals surface area contributed by atoms with Crippen molar-refractivity contribution in [1.82, 2.24) is 14.7 Å². The summed E-state index contributed by atoms with van der Waals surface area (Å²) in [5, 5.41) is 5.23. The summed E-state index contributed by atoms with van der Waals surface area (Å²) in [7, 11) is 0. The van der Waals surface area contributed by atoms with Crippen LogP contribution in [-0.4, -0.2) is 44.6 Å². The molecule has 3 fully saturated rings. The average Bonchev–Trinajstić information content (AvgIpc) is 3.22. The third-order valence-electron chi connectivity index (χ3n) is 8.08. The molecule has 7 heteroatoms. The van der Waals surface area contributed by atoms with Gasteiger partial charge in [0.2, 0.25) is 0 Å². The van der Waals surface area contributed by atoms with Gasteiger partial charge in [0, 0.05) is 18.7 Å². The Balaban J connectivity index is 1.44. The topological polar surface area (TPSA) is 73.7 Å². The zero-order valence-corrected chi connectivity index (χ0v) is 24.1. The van der Waals surface area contributed by atoms with Crippen LogP contribution >= 0.6 is 0 Å². The molecule has 0 aliphatic heterocycles. The van der Waals surface area contributed by atoms with Crippen molar-refractivity contribution in [1.29, 1.82) is 0 Å². The van der Waals surface area contributed by atoms with Crippen LogP contribution in [-0.2, 0) is 9.47 Å². The number of hydrogen-bond acceptors (Lipinski definition) is 5. The molecule has 0 atom stereocenters. The molecule has 208 valence electrons. The number of rotatable bonds is 5. The summed E-state index contributed by atoms with van der Waals surface area (Å²) >= 11 is 0. The van der Waals surface area contributed by atoms with Crippen LogP contribution < -0.4 is 0 Å². The molecule has 0 spiro atoms. The van der Waals surface area contributed by atoms with Gasteiger partial charge in [0.1, 0.15) is 11.2 Å². The highest BCUT2D eigenvalue weighted by Crippen LogP contribution is 2.44. The fourth-order valence-electron chi connectivity index (χ4n) is 6.21. The van der Waals surface area contributed by atoms with Crippen molar-refractivity contribution in [3.05, 3.63) is 17.5 Å². The Morgan fingerprint density at radius 2 is 1.32 bits per heavy atom. The highest BCUT2D eigenvalue weighted by Gasteiger charge is 2.39. The van der Waals surface area contributed by atoms with Crippen molar-refractivity contribution >= 4 is 12.2 Å². The van der Waals surface area contributed by atoms with Crippen LogP contribution in [0.25, 0.3) is 0 Å². The smallest absolute Gasteiger partial charge is 0.419 e. The third kappa shape index (κ3) is 7.51. The Labute approximate surface area is 223 Å². The number of carbonyl (C=O) groups is 2. The Kier molecular flexibility index (Phi) is 8.59. The lowest BCUT2D eigenvalue weighted by Gasteiger charge is -2.38. The quantitative estimate of drug-likeness (QED) is 0.396. The van der Waals surface area contributed by atoms with E-state index in [0.29, 0.717) is 24.4 Å². The van der Waals surface area contributed by atoms with Crippen molar-refractivity contribution in [2.24, 2.45) is 5.92 Å². The van der Waals surface area contributed by atoms with Crippen molar-refractivity contribution in [3.8, 4) is 0 Å². The zero-order chi connectivity index (χ0) is 26.8. The van der Waals surface area contributed by atoms with Gasteiger partial charge in [-0.3, -0.25) is 4.68 Å². The number of aromatic nitrogens is 2. The van der Waals surface area contributed by atoms with E-state index < -0.39 is 23.4 Å². The minimum absolute atomic E-state index is 0.213. The molecule has 37 heavy (non-hydrogen) atoms. The highest BCUT2D eigenvalue weighted by atomic mass is 16.6. The third-order valence-corrected chi connectivity index (χ3v) is 8.08. The first-order valence-electron chi connectivity index (χ1n) is 14.7. The number of nitrogens with zero attached hydrogens (tertiary/aromatic N) is 3. The number of amides is 2. The zero-order valence-electron chi connectivity index (χ0n) is 24.1. The second-order valence-electron chi connectivity index (χ2n) is 13.7. The largest absolute Gasteiger partial charge is 0.443 e. The van der Waals surface area contributed by atoms with Gasteiger partial charge in [-0.15, -0.1) is 0 Å². The molecular weight excluding hydrogens is 466 g/mol. The first kappa shape index (κ1) is 28.0. The van der Waals surface area contributed by atoms with Crippen molar-refractivity contribution in [2.75, 3.05) is 6.54 Å². The van der Waals surface area contributed by atoms with Crippen LogP contribution in [0.2, 0.25) is 0 Å². The van der Waals surface area contributed by atoms with Crippen LogP contribution in [0.5, 0.6) is 0 Å². The van der Waals surface area contributed by atoms with Crippen LogP contribution in [0.3, 0.4) is 0 Å². The highest BCUT2D eigenvalue weighted by molar-refractivity contribution is 5.88. The fraction of sp³-hybridized carbons (Fsp3) is 0.833. The summed E-state index contributed by atoms with van der Waals surface area (Å²) < 4.78 is 13.3. The van der Waals surface area contributed by atoms with Gasteiger partial charge in [0.25, 0.3) is 0 Å². The lowest BCUT2D eigenvalue weighted by atomic mass is 9.79. The first-order chi connectivity index (χ1) is 17.4. The Morgan fingerprint density at radius 3 is 1.81 bits per heavy atom. The second-order valence-corrected chi connectivity index (χ2v) is 13.7. The van der Waals surface area contributed by atoms with Crippen LogP contribution in [0.1, 0.15) is 148 Å². The molecule has 0 radical (unpaired) electrons. The number of ether oxygens (including phenoxy) is 2. The minimum Gasteiger partial charge on any atom is -0.443 e. The van der Waals surface area contributed by atoms with Gasteiger partial charge in [-0.05, 0) is 97.5 Å². The van der Waals surface area contributed by atoms with Crippen molar-refractivity contribution < 1.29 is 19.1 Å². The Morgan fingerprint density at radius 1 is 0.838 bits per heavy atom. The molecule has 3 aliphatic carbocycles. The van der Waals surface area contributed by atoms with Crippen molar-refractivity contribution in [2.45, 2.75) is 148 Å². The van der Waals surface area contributed by atoms with Gasteiger partial charge in [-0.2, -0.15) is 5.10 Å². The summed E-state index contributed by atoms with van der Waals surface area (Å²) in [5.41, 5.74) is 1.53. The Bertz CT molecular complexity index is 860. The molecule has 4 rings (SSSR count). The molecule has 1 heterocycles. The lowest BCUT2D eigenvalue weighted by molar-refractivity contribution is -0.00642. The molecule has 0 saturated heterocycles. The standard InChI is InChI=1S/C30H49N3O4/c1-29(2,3)36-27(34)32(28(35)37-30(4,5)6)19-21-17-24(18-21)33-20-25(22-13-9-7-10-14-22)26(31-33)23-15-11-8-12-16-23/h20-24H,7-19H2,1-6H3. The fourth-order valence-corrected chi connectivity index (χ4v) is 6.21. The van der Waals surface area contributed by atoms with E-state index in [4.69, 9.17) is 14.6 Å². The van der Waals surface area contributed by atoms with E-state index in [0.717, 1.165) is 17.7 Å². The van der Waals surface area contributed by atoms with Gasteiger partial charge < -0.3 is 9.47 Å². The summed E-state index contributed by atoms with van der Waals surface area (Å²) in [5.74, 6) is 1.48. The summed E-state index contributed by atoms with van der Waals surface area (Å²) in [6, 6.07) is 0.323. The monoisotopic (exact) mass is 515 g/mol. The molecule has 1 aromatic rings. The molecule has 7 nitrogen and oxygen atoms in total. The van der Waals surface area contributed by atoms with Gasteiger partial charge in [-0.25, -0.2) is 14.5 Å². The van der Waals surface area contributed by atoms with E-state index in [-0.39, 0.29) is 5.92 Å². The van der Waals surface area contributed by atoms with E-state index in [1.165, 1.54) is 75.5 Å². The van der Waals surface area contributed by atoms with E-state index in [2.05, 4.69) is 10.9 Å². The molecule has 2 amide bonds. The lowest BCUT2D eigenvalue weighted by Crippen LogP contribution is -2.47. The number of hydrogen-bond donors (Lipinski definition) is 0. The maximum Gasteiger partial charge on any atom is 0.419 e. The van der Waals surface area contributed by atoms with Crippen molar-refractivity contribution in [3.63, 3.8) is 0 Å². The first-order valence-corrected chi connectivity index (χ1v) is 14.7. The van der Waals surface area contributed by atoms with E-state index >= 15 is 0 Å². The maximum atomic E-state index is 12.9. The van der Waals surface area contributed by atoms with E-state index in [9.17, 15) is 9.59 Å². The Hall–Kier alpha value is -2.05. The molecule has 3 aliphatic rings. The molecule has 0 bridgehead atoms. The van der Waals surface area contributed by atoms with Crippen LogP contribution in [0, 0.1) is 5.92 Å². The minimum atomic E-state index is -0.681. The van der Waals surface area contributed by atoms with Gasteiger partial charge >= 0.3 is 12.2 Å². The molecule has 0 N–H and O–H groups in total. The van der Waals surface area contributed by atoms with Gasteiger partial charge in [0.15, 0.2) is 0 Å². The second kappa shape index (κ2) is 11.4. The van der Waals surface area contributed by atoms with Gasteiger partial charge in [-0.1, -0.05) is 38.5 Å². The SMILES string of the molecule is CC(C)(C)OC(=O)N(CC1CC(n2cc(C3CCCCC3)c(C3CCCCC3)n2)C1)C(=O)OC(C)(C)C. The maximum absolute atomic E-state index is 12.9. The van der Waals surface area contributed by atoms with E-state index in [1.807, 2.05) is 41.5 Å². The summed E-state index contributed by atoms with van der Waals surface area (Å²) in [4.78, 5) is 26.9. The van der Waals surface area contributed by atoms with Gasteiger partial charge in [0.05, 0.1) is 11.7 Å². The summed E-state index contributed by atoms with van der Waals surface area (Å²) in [6.45, 7) is 11.2. The van der Waals surface area contributed by atoms with Crippen LogP contribution in [0.15, 0.2) is 6.20 Å². The molecule has 1 aromatic heterocycles. The molecule has 0 unspecified atom stereocenters. The number of imide groups is 1. The molecule has 3 saturated carbocycles. The summed E-state index contributed by atoms with van der Waals surface area (Å²) in [6.07, 6.45) is 16.0. The van der Waals surface area contributed by atoms with E-state index in [1.54, 1.807) is 0 Å². The van der Waals surface area contributed by atoms with Crippen LogP contribution in [0.4, 0.5) is 9.59 Å². The predicted octanol–water partition coefficient (Wildman–Crippen LogP) is 8.10. The predicted molar refractivity (Wildman–Crippen MR) is 145 cm³/mol. The normalized spacial score (nSPS) is 23.8.